The fraction of sp³-hybridized carbons (Fsp3) is 0.520. The maximum atomic E-state index is 13.2. The average Bonchev–Trinajstić information content (AvgIpc) is 3.34. The smallest absolute Gasteiger partial charge is 0.254 e. The van der Waals surface area contributed by atoms with Gasteiger partial charge in [-0.15, -0.1) is 0 Å². The minimum atomic E-state index is -0.152. The number of carbonyl (C=O) groups excluding carboxylic acids is 2. The molecule has 31 heavy (non-hydrogen) atoms. The molecule has 0 bridgehead atoms. The molecule has 2 amide bonds. The molecule has 0 saturated carbocycles. The van der Waals surface area contributed by atoms with Crippen LogP contribution in [0.15, 0.2) is 42.5 Å². The maximum Gasteiger partial charge on any atom is 0.254 e. The van der Waals surface area contributed by atoms with Gasteiger partial charge in [0.25, 0.3) is 5.91 Å². The van der Waals surface area contributed by atoms with Gasteiger partial charge in [0.1, 0.15) is 0 Å². The number of likely N-dealkylation sites (tertiary alicyclic amines) is 1. The first kappa shape index (κ1) is 21.8. The lowest BCUT2D eigenvalue weighted by molar-refractivity contribution is -0.126. The Kier molecular flexibility index (Phi) is 7.54. The second-order valence-corrected chi connectivity index (χ2v) is 8.47. The van der Waals surface area contributed by atoms with Gasteiger partial charge in [-0.3, -0.25) is 9.59 Å². The Labute approximate surface area is 183 Å². The van der Waals surface area contributed by atoms with Gasteiger partial charge in [-0.1, -0.05) is 36.4 Å². The van der Waals surface area contributed by atoms with Gasteiger partial charge in [-0.05, 0) is 48.9 Å². The Hall–Kier alpha value is -2.44. The number of amides is 2. The molecule has 2 aromatic rings. The summed E-state index contributed by atoms with van der Waals surface area (Å²) in [5, 5.41) is 5.04. The van der Waals surface area contributed by atoms with Gasteiger partial charge in [0.15, 0.2) is 0 Å². The van der Waals surface area contributed by atoms with Gasteiger partial charge in [0.2, 0.25) is 5.91 Å². The van der Waals surface area contributed by atoms with Crippen LogP contribution in [-0.4, -0.2) is 62.3 Å². The van der Waals surface area contributed by atoms with Crippen LogP contribution in [0, 0.1) is 5.92 Å². The molecule has 0 aromatic heterocycles. The second-order valence-electron chi connectivity index (χ2n) is 8.47. The van der Waals surface area contributed by atoms with Gasteiger partial charge in [-0.2, -0.15) is 0 Å². The van der Waals surface area contributed by atoms with Crippen molar-refractivity contribution in [3.63, 3.8) is 0 Å². The highest BCUT2D eigenvalue weighted by Gasteiger charge is 2.29. The largest absolute Gasteiger partial charge is 0.379 e. The number of hydrogen-bond acceptors (Lipinski definition) is 4. The minimum absolute atomic E-state index is 0.0110. The molecular weight excluding hydrogens is 392 g/mol. The summed E-state index contributed by atoms with van der Waals surface area (Å²) in [6, 6.07) is 13.8. The van der Waals surface area contributed by atoms with Crippen molar-refractivity contribution in [3.05, 3.63) is 48.0 Å². The van der Waals surface area contributed by atoms with Crippen molar-refractivity contribution in [1.29, 1.82) is 0 Å². The van der Waals surface area contributed by atoms with Crippen LogP contribution in [0.25, 0.3) is 10.8 Å². The highest BCUT2D eigenvalue weighted by Crippen LogP contribution is 2.23. The lowest BCUT2D eigenvalue weighted by Crippen LogP contribution is -2.45. The van der Waals surface area contributed by atoms with Crippen LogP contribution in [0.3, 0.4) is 0 Å². The van der Waals surface area contributed by atoms with E-state index in [9.17, 15) is 9.59 Å². The topological polar surface area (TPSA) is 67.9 Å². The number of benzene rings is 2. The fourth-order valence-electron chi connectivity index (χ4n) is 4.48. The van der Waals surface area contributed by atoms with Crippen LogP contribution < -0.4 is 5.32 Å². The zero-order valence-corrected chi connectivity index (χ0v) is 18.1. The van der Waals surface area contributed by atoms with E-state index in [0.717, 1.165) is 49.5 Å². The SMILES string of the molecule is O=C(NCCCOCC1CCCO1)C1CCCN(C(=O)c2cccc3ccccc23)C1. The molecule has 166 valence electrons. The summed E-state index contributed by atoms with van der Waals surface area (Å²) in [6.07, 6.45) is 4.88. The number of rotatable bonds is 8. The van der Waals surface area contributed by atoms with Crippen LogP contribution in [-0.2, 0) is 14.3 Å². The molecule has 2 aliphatic rings. The summed E-state index contributed by atoms with van der Waals surface area (Å²) < 4.78 is 11.2. The second kappa shape index (κ2) is 10.7. The van der Waals surface area contributed by atoms with Crippen LogP contribution in [0.2, 0.25) is 0 Å². The summed E-state index contributed by atoms with van der Waals surface area (Å²) in [5.41, 5.74) is 0.711. The van der Waals surface area contributed by atoms with E-state index in [1.807, 2.05) is 47.4 Å². The summed E-state index contributed by atoms with van der Waals surface area (Å²) in [4.78, 5) is 27.7. The molecule has 2 aliphatic heterocycles. The van der Waals surface area contributed by atoms with E-state index in [4.69, 9.17) is 9.47 Å². The predicted octanol–water partition coefficient (Wildman–Crippen LogP) is 3.39. The molecule has 0 aliphatic carbocycles. The van der Waals surface area contributed by atoms with E-state index in [1.165, 1.54) is 0 Å². The molecule has 2 saturated heterocycles. The van der Waals surface area contributed by atoms with E-state index in [2.05, 4.69) is 5.32 Å². The minimum Gasteiger partial charge on any atom is -0.379 e. The molecule has 1 N–H and O–H groups in total. The Morgan fingerprint density at radius 3 is 2.84 bits per heavy atom. The van der Waals surface area contributed by atoms with Crippen LogP contribution in [0.4, 0.5) is 0 Å². The van der Waals surface area contributed by atoms with Crippen molar-refractivity contribution >= 4 is 22.6 Å². The van der Waals surface area contributed by atoms with Crippen LogP contribution >= 0.6 is 0 Å². The number of carbonyl (C=O) groups is 2. The Balaban J connectivity index is 1.24. The summed E-state index contributed by atoms with van der Waals surface area (Å²) in [6.45, 7) is 3.87. The zero-order valence-electron chi connectivity index (χ0n) is 18.1. The van der Waals surface area contributed by atoms with Crippen molar-refractivity contribution in [2.45, 2.75) is 38.2 Å². The highest BCUT2D eigenvalue weighted by atomic mass is 16.5. The monoisotopic (exact) mass is 424 g/mol. The number of ether oxygens (including phenoxy) is 2. The molecule has 2 atom stereocenters. The standard InChI is InChI=1S/C25H32N2O4/c28-24(26-13-6-15-30-18-21-10-5-16-31-21)20-9-4-14-27(17-20)25(29)23-12-3-8-19-7-1-2-11-22(19)23/h1-3,7-8,11-12,20-21H,4-6,9-10,13-18H2,(H,26,28). The molecule has 6 nitrogen and oxygen atoms in total. The summed E-state index contributed by atoms with van der Waals surface area (Å²) >= 11 is 0. The van der Waals surface area contributed by atoms with E-state index < -0.39 is 0 Å². The molecule has 2 fully saturated rings. The third-order valence-corrected chi connectivity index (χ3v) is 6.19. The predicted molar refractivity (Wildman–Crippen MR) is 120 cm³/mol. The Bertz CT molecular complexity index is 889. The molecule has 0 spiro atoms. The summed E-state index contributed by atoms with van der Waals surface area (Å²) in [7, 11) is 0. The number of hydrogen-bond donors (Lipinski definition) is 1. The summed E-state index contributed by atoms with van der Waals surface area (Å²) in [5.74, 6) is -0.105. The third-order valence-electron chi connectivity index (χ3n) is 6.19. The molecule has 4 rings (SSSR count). The Morgan fingerprint density at radius 2 is 1.97 bits per heavy atom. The maximum absolute atomic E-state index is 13.2. The zero-order chi connectivity index (χ0) is 21.5. The molecule has 2 aromatic carbocycles. The fourth-order valence-corrected chi connectivity index (χ4v) is 4.48. The highest BCUT2D eigenvalue weighted by molar-refractivity contribution is 6.07. The number of piperidine rings is 1. The Morgan fingerprint density at radius 1 is 1.10 bits per heavy atom. The molecule has 2 unspecified atom stereocenters. The molecule has 2 heterocycles. The van der Waals surface area contributed by atoms with Gasteiger partial charge < -0.3 is 19.7 Å². The quantitative estimate of drug-likeness (QED) is 0.660. The lowest BCUT2D eigenvalue weighted by atomic mass is 9.95. The van der Waals surface area contributed by atoms with Crippen LogP contribution in [0.1, 0.15) is 42.5 Å². The number of nitrogens with zero attached hydrogens (tertiary/aromatic N) is 1. The average molecular weight is 425 g/mol. The molecule has 0 radical (unpaired) electrons. The van der Waals surface area contributed by atoms with Gasteiger partial charge in [0, 0.05) is 38.4 Å². The van der Waals surface area contributed by atoms with Crippen molar-refractivity contribution in [3.8, 4) is 0 Å². The van der Waals surface area contributed by atoms with E-state index in [-0.39, 0.29) is 23.8 Å². The van der Waals surface area contributed by atoms with Crippen molar-refractivity contribution in [2.24, 2.45) is 5.92 Å². The van der Waals surface area contributed by atoms with Gasteiger partial charge >= 0.3 is 0 Å². The van der Waals surface area contributed by atoms with Crippen molar-refractivity contribution in [2.75, 3.05) is 39.5 Å². The molecule has 6 heteroatoms. The van der Waals surface area contributed by atoms with E-state index in [1.54, 1.807) is 0 Å². The van der Waals surface area contributed by atoms with E-state index in [0.29, 0.717) is 38.4 Å². The lowest BCUT2D eigenvalue weighted by Gasteiger charge is -2.32. The molecular formula is C25H32N2O4. The number of fused-ring (bicyclic) bond motifs is 1. The first-order chi connectivity index (χ1) is 15.2. The van der Waals surface area contributed by atoms with Crippen LogP contribution in [0.5, 0.6) is 0 Å². The van der Waals surface area contributed by atoms with Crippen molar-refractivity contribution in [1.82, 2.24) is 10.2 Å². The number of nitrogens with one attached hydrogen (secondary N) is 1. The first-order valence-electron chi connectivity index (χ1n) is 11.5. The van der Waals surface area contributed by atoms with Gasteiger partial charge in [0.05, 0.1) is 18.6 Å². The van der Waals surface area contributed by atoms with E-state index >= 15 is 0 Å². The first-order valence-corrected chi connectivity index (χ1v) is 11.5. The normalized spacial score (nSPS) is 21.4. The third kappa shape index (κ3) is 5.63. The van der Waals surface area contributed by atoms with Crippen molar-refractivity contribution < 1.29 is 19.1 Å². The van der Waals surface area contributed by atoms with Gasteiger partial charge in [-0.25, -0.2) is 0 Å².